The van der Waals surface area contributed by atoms with Gasteiger partial charge in [-0.05, 0) is 37.0 Å². The van der Waals surface area contributed by atoms with Crippen LogP contribution < -0.4 is 0 Å². The van der Waals surface area contributed by atoms with Crippen molar-refractivity contribution in [3.05, 3.63) is 34.4 Å². The molecule has 4 nitrogen and oxygen atoms in total. The average Bonchev–Trinajstić information content (AvgIpc) is 3.06. The van der Waals surface area contributed by atoms with Gasteiger partial charge in [-0.1, -0.05) is 22.0 Å². The van der Waals surface area contributed by atoms with Crippen molar-refractivity contribution in [1.29, 1.82) is 0 Å². The van der Waals surface area contributed by atoms with Crippen molar-refractivity contribution < 1.29 is 14.3 Å². The Labute approximate surface area is 131 Å². The number of benzene rings is 1. The first-order valence-electron chi connectivity index (χ1n) is 7.16. The molecule has 21 heavy (non-hydrogen) atoms. The number of aromatic amines is 1. The highest BCUT2D eigenvalue weighted by molar-refractivity contribution is 9.10. The molecule has 2 aromatic rings. The van der Waals surface area contributed by atoms with Gasteiger partial charge >= 0.3 is 5.97 Å². The summed E-state index contributed by atoms with van der Waals surface area (Å²) in [6, 6.07) is 5.93. The van der Waals surface area contributed by atoms with Gasteiger partial charge in [-0.3, -0.25) is 4.79 Å². The highest BCUT2D eigenvalue weighted by Gasteiger charge is 2.30. The number of carbonyl (C=O) groups excluding carboxylic acids is 1. The van der Waals surface area contributed by atoms with Gasteiger partial charge in [0.15, 0.2) is 0 Å². The van der Waals surface area contributed by atoms with Crippen LogP contribution >= 0.6 is 15.9 Å². The summed E-state index contributed by atoms with van der Waals surface area (Å²) in [6.45, 7) is 0. The van der Waals surface area contributed by atoms with Gasteiger partial charge < -0.3 is 14.5 Å². The second kappa shape index (κ2) is 6.20. The molecule has 0 aliphatic heterocycles. The fraction of sp³-hybridized carbons (Fsp3) is 0.438. The molecule has 1 saturated carbocycles. The van der Waals surface area contributed by atoms with Crippen LogP contribution in [0.4, 0.5) is 0 Å². The summed E-state index contributed by atoms with van der Waals surface area (Å²) < 4.78 is 11.9. The molecule has 0 unspecified atom stereocenters. The van der Waals surface area contributed by atoms with Gasteiger partial charge in [0, 0.05) is 28.7 Å². The number of hydrogen-bond donors (Lipinski definition) is 1. The second-order valence-electron chi connectivity index (χ2n) is 5.39. The molecule has 2 atom stereocenters. The van der Waals surface area contributed by atoms with Crippen LogP contribution in [0.15, 0.2) is 28.9 Å². The lowest BCUT2D eigenvalue weighted by atomic mass is 10.1. The molecule has 3 rings (SSSR count). The summed E-state index contributed by atoms with van der Waals surface area (Å²) in [7, 11) is 1.67. The van der Waals surface area contributed by atoms with E-state index >= 15 is 0 Å². The van der Waals surface area contributed by atoms with E-state index in [-0.39, 0.29) is 24.6 Å². The third kappa shape index (κ3) is 2.99. The Morgan fingerprint density at radius 3 is 3.00 bits per heavy atom. The normalized spacial score (nSPS) is 21.8. The fourth-order valence-electron chi connectivity index (χ4n) is 3.01. The number of rotatable bonds is 4. The van der Waals surface area contributed by atoms with Crippen molar-refractivity contribution in [3.63, 3.8) is 0 Å². The Balaban J connectivity index is 1.72. The van der Waals surface area contributed by atoms with Crippen molar-refractivity contribution >= 4 is 32.8 Å². The quantitative estimate of drug-likeness (QED) is 0.856. The Morgan fingerprint density at radius 2 is 2.19 bits per heavy atom. The lowest BCUT2D eigenvalue weighted by Gasteiger charge is -2.18. The van der Waals surface area contributed by atoms with Gasteiger partial charge in [0.2, 0.25) is 0 Å². The first-order chi connectivity index (χ1) is 10.2. The van der Waals surface area contributed by atoms with Crippen molar-refractivity contribution in [1.82, 2.24) is 4.98 Å². The van der Waals surface area contributed by atoms with E-state index in [2.05, 4.69) is 20.9 Å². The largest absolute Gasteiger partial charge is 0.459 e. The van der Waals surface area contributed by atoms with Crippen LogP contribution in [-0.2, 0) is 20.7 Å². The molecule has 0 amide bonds. The van der Waals surface area contributed by atoms with Crippen molar-refractivity contribution in [3.8, 4) is 0 Å². The highest BCUT2D eigenvalue weighted by Crippen LogP contribution is 2.28. The fourth-order valence-corrected chi connectivity index (χ4v) is 3.63. The third-order valence-corrected chi connectivity index (χ3v) is 4.71. The van der Waals surface area contributed by atoms with E-state index in [9.17, 15) is 4.79 Å². The van der Waals surface area contributed by atoms with Gasteiger partial charge in [0.25, 0.3) is 0 Å². The molecule has 1 aliphatic carbocycles. The number of H-pyrrole nitrogens is 1. The number of ether oxygens (including phenoxy) is 2. The zero-order valence-electron chi connectivity index (χ0n) is 11.9. The maximum Gasteiger partial charge on any atom is 0.310 e. The van der Waals surface area contributed by atoms with Gasteiger partial charge in [-0.2, -0.15) is 0 Å². The van der Waals surface area contributed by atoms with E-state index in [0.29, 0.717) is 0 Å². The number of methoxy groups -OCH3 is 1. The van der Waals surface area contributed by atoms with Crippen LogP contribution in [0.25, 0.3) is 10.9 Å². The number of esters is 1. The third-order valence-electron chi connectivity index (χ3n) is 4.05. The van der Waals surface area contributed by atoms with Crippen molar-refractivity contribution in [2.24, 2.45) is 0 Å². The Morgan fingerprint density at radius 1 is 1.38 bits per heavy atom. The van der Waals surface area contributed by atoms with Crippen molar-refractivity contribution in [2.45, 2.75) is 37.9 Å². The first kappa shape index (κ1) is 14.6. The topological polar surface area (TPSA) is 51.3 Å². The van der Waals surface area contributed by atoms with Gasteiger partial charge in [-0.25, -0.2) is 0 Å². The molecular formula is C16H18BrNO3. The molecule has 0 radical (unpaired) electrons. The van der Waals surface area contributed by atoms with Gasteiger partial charge in [0.05, 0.1) is 12.5 Å². The number of fused-ring (bicyclic) bond motifs is 1. The maximum absolute atomic E-state index is 12.2. The van der Waals surface area contributed by atoms with E-state index in [0.717, 1.165) is 40.2 Å². The van der Waals surface area contributed by atoms with E-state index in [1.165, 1.54) is 0 Å². The minimum atomic E-state index is -0.194. The van der Waals surface area contributed by atoms with Gasteiger partial charge in [0.1, 0.15) is 6.10 Å². The molecule has 0 saturated heterocycles. The van der Waals surface area contributed by atoms with Gasteiger partial charge in [-0.15, -0.1) is 0 Å². The molecule has 5 heteroatoms. The molecule has 1 N–H and O–H groups in total. The first-order valence-corrected chi connectivity index (χ1v) is 7.95. The van der Waals surface area contributed by atoms with Crippen LogP contribution in [0.2, 0.25) is 0 Å². The predicted octanol–water partition coefficient (Wildman–Crippen LogP) is 3.58. The minimum absolute atomic E-state index is 0.0451. The Hall–Kier alpha value is -1.33. The summed E-state index contributed by atoms with van der Waals surface area (Å²) >= 11 is 3.53. The van der Waals surface area contributed by atoms with E-state index in [1.54, 1.807) is 7.11 Å². The van der Waals surface area contributed by atoms with Crippen LogP contribution in [0.1, 0.15) is 24.8 Å². The molecular weight excluding hydrogens is 334 g/mol. The molecule has 1 aliphatic rings. The van der Waals surface area contributed by atoms with Crippen LogP contribution in [0.5, 0.6) is 0 Å². The average molecular weight is 352 g/mol. The Bertz CT molecular complexity index is 652. The predicted molar refractivity (Wildman–Crippen MR) is 84.2 cm³/mol. The molecule has 0 bridgehead atoms. The smallest absolute Gasteiger partial charge is 0.310 e. The van der Waals surface area contributed by atoms with Crippen LogP contribution in [0.3, 0.4) is 0 Å². The van der Waals surface area contributed by atoms with E-state index in [4.69, 9.17) is 9.47 Å². The summed E-state index contributed by atoms with van der Waals surface area (Å²) in [5.41, 5.74) is 1.97. The lowest BCUT2D eigenvalue weighted by Crippen LogP contribution is -2.28. The van der Waals surface area contributed by atoms with Crippen LogP contribution in [-0.4, -0.2) is 30.3 Å². The molecule has 1 aromatic heterocycles. The number of hydrogen-bond acceptors (Lipinski definition) is 3. The standard InChI is InChI=1S/C16H18BrNO3/c1-20-13-6-3-7-14(13)21-15(19)8-10-9-18-12-5-2-4-11(17)16(10)12/h2,4-5,9,13-14,18H,3,6-8H2,1H3/t13-,14+/m1/s1. The summed E-state index contributed by atoms with van der Waals surface area (Å²) in [5, 5.41) is 1.05. The minimum Gasteiger partial charge on any atom is -0.459 e. The summed E-state index contributed by atoms with van der Waals surface area (Å²) in [5.74, 6) is -0.194. The summed E-state index contributed by atoms with van der Waals surface area (Å²) in [6.07, 6.45) is 5.00. The molecule has 1 aromatic carbocycles. The number of aromatic nitrogens is 1. The SMILES string of the molecule is CO[C@@H]1CCC[C@@H]1OC(=O)Cc1c[nH]c2cccc(Br)c12. The zero-order chi connectivity index (χ0) is 14.8. The summed E-state index contributed by atoms with van der Waals surface area (Å²) in [4.78, 5) is 15.4. The maximum atomic E-state index is 12.2. The Kier molecular flexibility index (Phi) is 4.31. The molecule has 1 heterocycles. The number of nitrogens with one attached hydrogen (secondary N) is 1. The van der Waals surface area contributed by atoms with Crippen LogP contribution in [0, 0.1) is 0 Å². The zero-order valence-corrected chi connectivity index (χ0v) is 13.5. The number of halogens is 1. The number of carbonyl (C=O) groups is 1. The molecule has 0 spiro atoms. The monoisotopic (exact) mass is 351 g/mol. The molecule has 112 valence electrons. The lowest BCUT2D eigenvalue weighted by molar-refractivity contribution is -0.153. The van der Waals surface area contributed by atoms with E-state index in [1.807, 2.05) is 24.4 Å². The second-order valence-corrected chi connectivity index (χ2v) is 6.24. The van der Waals surface area contributed by atoms with Crippen molar-refractivity contribution in [2.75, 3.05) is 7.11 Å². The highest BCUT2D eigenvalue weighted by atomic mass is 79.9. The van der Waals surface area contributed by atoms with E-state index < -0.39 is 0 Å². The molecule has 1 fully saturated rings.